The van der Waals surface area contributed by atoms with Gasteiger partial charge >= 0.3 is 6.18 Å². The first-order valence-corrected chi connectivity index (χ1v) is 8.29. The maximum Gasteiger partial charge on any atom is 0.416 e. The second kappa shape index (κ2) is 6.81. The van der Waals surface area contributed by atoms with Crippen LogP contribution in [0.15, 0.2) is 18.2 Å². The van der Waals surface area contributed by atoms with Gasteiger partial charge < -0.3 is 4.74 Å². The molecule has 0 aromatic heterocycles. The zero-order valence-corrected chi connectivity index (χ0v) is 14.3. The zero-order valence-electron chi connectivity index (χ0n) is 14.3. The highest BCUT2D eigenvalue weighted by molar-refractivity contribution is 5.33. The van der Waals surface area contributed by atoms with Crippen LogP contribution in [0.3, 0.4) is 0 Å². The van der Waals surface area contributed by atoms with E-state index in [-0.39, 0.29) is 5.92 Å². The molecule has 0 bridgehead atoms. The van der Waals surface area contributed by atoms with Gasteiger partial charge in [-0.1, -0.05) is 33.8 Å². The van der Waals surface area contributed by atoms with Crippen molar-refractivity contribution in [1.82, 2.24) is 4.90 Å². The van der Waals surface area contributed by atoms with Gasteiger partial charge in [-0.3, -0.25) is 4.90 Å². The van der Waals surface area contributed by atoms with Crippen LogP contribution in [0.4, 0.5) is 13.2 Å². The molecule has 0 radical (unpaired) electrons. The Hall–Kier alpha value is -1.07. The molecule has 1 spiro atoms. The number of nitrogens with zero attached hydrogens (tertiary/aromatic N) is 1. The van der Waals surface area contributed by atoms with Crippen molar-refractivity contribution in [3.05, 3.63) is 34.9 Å². The predicted molar refractivity (Wildman–Crippen MR) is 85.4 cm³/mol. The molecule has 2 aliphatic rings. The first kappa shape index (κ1) is 18.3. The van der Waals surface area contributed by atoms with Crippen LogP contribution < -0.4 is 0 Å². The number of likely N-dealkylation sites (tertiary alicyclic amines) is 1. The highest BCUT2D eigenvalue weighted by atomic mass is 19.4. The molecular weight excluding hydrogens is 303 g/mol. The third kappa shape index (κ3) is 4.07. The van der Waals surface area contributed by atoms with Crippen molar-refractivity contribution in [2.75, 3.05) is 26.3 Å². The summed E-state index contributed by atoms with van der Waals surface area (Å²) in [4.78, 5) is 2.20. The Kier molecular flexibility index (Phi) is 5.41. The Morgan fingerprint density at radius 2 is 1.74 bits per heavy atom. The predicted octanol–water partition coefficient (Wildman–Crippen LogP) is 4.69. The number of benzene rings is 1. The first-order chi connectivity index (χ1) is 10.8. The van der Waals surface area contributed by atoms with Gasteiger partial charge in [-0.15, -0.1) is 0 Å². The van der Waals surface area contributed by atoms with E-state index in [9.17, 15) is 13.2 Å². The van der Waals surface area contributed by atoms with Gasteiger partial charge in [-0.25, -0.2) is 0 Å². The summed E-state index contributed by atoms with van der Waals surface area (Å²) in [6.45, 7) is 11.9. The van der Waals surface area contributed by atoms with Crippen molar-refractivity contribution in [3.8, 4) is 0 Å². The van der Waals surface area contributed by atoms with E-state index in [4.69, 9.17) is 4.74 Å². The van der Waals surface area contributed by atoms with Crippen LogP contribution in [0.1, 0.15) is 50.3 Å². The molecule has 5 heteroatoms. The maximum absolute atomic E-state index is 13.0. The smallest absolute Gasteiger partial charge is 0.380 e. The van der Waals surface area contributed by atoms with Crippen molar-refractivity contribution in [1.29, 1.82) is 0 Å². The molecule has 0 unspecified atom stereocenters. The molecule has 0 atom stereocenters. The number of hydrogen-bond donors (Lipinski definition) is 0. The van der Waals surface area contributed by atoms with Crippen molar-refractivity contribution < 1.29 is 17.9 Å². The molecule has 2 heterocycles. The largest absolute Gasteiger partial charge is 0.416 e. The summed E-state index contributed by atoms with van der Waals surface area (Å²) in [6, 6.07) is 4.46. The molecule has 2 saturated heterocycles. The van der Waals surface area contributed by atoms with Crippen molar-refractivity contribution in [2.45, 2.75) is 46.3 Å². The van der Waals surface area contributed by atoms with Crippen molar-refractivity contribution in [3.63, 3.8) is 0 Å². The molecule has 0 N–H and O–H groups in total. The lowest BCUT2D eigenvalue weighted by atomic mass is 9.78. The fourth-order valence-corrected chi connectivity index (χ4v) is 3.15. The van der Waals surface area contributed by atoms with E-state index >= 15 is 0 Å². The molecule has 3 rings (SSSR count). The van der Waals surface area contributed by atoms with E-state index in [2.05, 4.69) is 4.90 Å². The SMILES string of the molecule is CC.CC(C)c1cc(CN2CC3(COC3)C2)cc(C(F)(F)F)c1. The Morgan fingerprint density at radius 3 is 2.17 bits per heavy atom. The standard InChI is InChI=1S/C16H20F3NO.C2H6/c1-11(2)13-3-12(4-14(5-13)16(17,18)19)6-20-7-15(8-20)9-21-10-15;1-2/h3-5,11H,6-10H2,1-2H3;1-2H3. The Morgan fingerprint density at radius 1 is 1.13 bits per heavy atom. The Bertz CT molecular complexity index is 528. The summed E-state index contributed by atoms with van der Waals surface area (Å²) < 4.78 is 44.2. The Labute approximate surface area is 136 Å². The van der Waals surface area contributed by atoms with E-state index < -0.39 is 11.7 Å². The number of alkyl halides is 3. The van der Waals surface area contributed by atoms with Crippen molar-refractivity contribution >= 4 is 0 Å². The zero-order chi connectivity index (χ0) is 17.3. The lowest BCUT2D eigenvalue weighted by Gasteiger charge is -2.55. The van der Waals surface area contributed by atoms with Gasteiger partial charge in [0.1, 0.15) is 0 Å². The average molecular weight is 329 g/mol. The molecule has 23 heavy (non-hydrogen) atoms. The van der Waals surface area contributed by atoms with Crippen LogP contribution in [0, 0.1) is 5.41 Å². The minimum absolute atomic E-state index is 0.0915. The summed E-state index contributed by atoms with van der Waals surface area (Å²) in [7, 11) is 0. The topological polar surface area (TPSA) is 12.5 Å². The van der Waals surface area contributed by atoms with Crippen LogP contribution in [0.2, 0.25) is 0 Å². The second-order valence-corrected chi connectivity index (χ2v) is 6.75. The van der Waals surface area contributed by atoms with E-state index in [1.807, 2.05) is 33.8 Å². The summed E-state index contributed by atoms with van der Waals surface area (Å²) in [5, 5.41) is 0. The van der Waals surface area contributed by atoms with E-state index in [0.717, 1.165) is 37.4 Å². The minimum Gasteiger partial charge on any atom is -0.380 e. The normalized spacial score (nSPS) is 19.8. The number of rotatable bonds is 3. The van der Waals surface area contributed by atoms with Gasteiger partial charge in [0.05, 0.1) is 18.8 Å². The summed E-state index contributed by atoms with van der Waals surface area (Å²) in [5.41, 5.74) is 1.26. The second-order valence-electron chi connectivity index (χ2n) is 6.75. The molecule has 1 aromatic rings. The summed E-state index contributed by atoms with van der Waals surface area (Å²) in [5.74, 6) is 0.0915. The van der Waals surface area contributed by atoms with E-state index in [0.29, 0.717) is 12.0 Å². The van der Waals surface area contributed by atoms with Crippen molar-refractivity contribution in [2.24, 2.45) is 5.41 Å². The van der Waals surface area contributed by atoms with Crippen LogP contribution in [-0.4, -0.2) is 31.2 Å². The van der Waals surface area contributed by atoms with Gasteiger partial charge in [0, 0.05) is 25.0 Å². The highest BCUT2D eigenvalue weighted by Gasteiger charge is 2.48. The van der Waals surface area contributed by atoms with E-state index in [1.165, 1.54) is 12.1 Å². The Balaban J connectivity index is 0.000000924. The number of hydrogen-bond acceptors (Lipinski definition) is 2. The quantitative estimate of drug-likeness (QED) is 0.798. The molecule has 2 aliphatic heterocycles. The average Bonchev–Trinajstić information content (AvgIpc) is 2.41. The van der Waals surface area contributed by atoms with Gasteiger partial charge in [-0.05, 0) is 29.2 Å². The number of halogens is 3. The molecular formula is C18H26F3NO. The third-order valence-electron chi connectivity index (χ3n) is 4.35. The molecule has 2 nitrogen and oxygen atoms in total. The fraction of sp³-hybridized carbons (Fsp3) is 0.667. The van der Waals surface area contributed by atoms with Crippen LogP contribution in [0.5, 0.6) is 0 Å². The lowest BCUT2D eigenvalue weighted by molar-refractivity contribution is -0.191. The fourth-order valence-electron chi connectivity index (χ4n) is 3.15. The van der Waals surface area contributed by atoms with Gasteiger partial charge in [0.25, 0.3) is 0 Å². The molecule has 130 valence electrons. The van der Waals surface area contributed by atoms with Gasteiger partial charge in [0.2, 0.25) is 0 Å². The number of ether oxygens (including phenoxy) is 1. The molecule has 2 fully saturated rings. The van der Waals surface area contributed by atoms with Crippen LogP contribution in [0.25, 0.3) is 0 Å². The monoisotopic (exact) mass is 329 g/mol. The van der Waals surface area contributed by atoms with Crippen LogP contribution >= 0.6 is 0 Å². The summed E-state index contributed by atoms with van der Waals surface area (Å²) in [6.07, 6.45) is -4.28. The van der Waals surface area contributed by atoms with Gasteiger partial charge in [0.15, 0.2) is 0 Å². The molecule has 0 amide bonds. The molecule has 1 aromatic carbocycles. The van der Waals surface area contributed by atoms with Gasteiger partial charge in [-0.2, -0.15) is 13.2 Å². The first-order valence-electron chi connectivity index (χ1n) is 8.29. The highest BCUT2D eigenvalue weighted by Crippen LogP contribution is 2.39. The van der Waals surface area contributed by atoms with Crippen LogP contribution in [-0.2, 0) is 17.5 Å². The minimum atomic E-state index is -4.28. The van der Waals surface area contributed by atoms with E-state index in [1.54, 1.807) is 0 Å². The lowest BCUT2D eigenvalue weighted by Crippen LogP contribution is -2.65. The maximum atomic E-state index is 13.0. The third-order valence-corrected chi connectivity index (χ3v) is 4.35. The molecule has 0 saturated carbocycles. The summed E-state index contributed by atoms with van der Waals surface area (Å²) >= 11 is 0. The molecule has 0 aliphatic carbocycles.